The summed E-state index contributed by atoms with van der Waals surface area (Å²) in [5.74, 6) is 0.669. The molecule has 3 heterocycles. The number of methoxy groups -OCH3 is 2. The number of nitrogens with one attached hydrogen (secondary N) is 1. The molecule has 10 nitrogen and oxygen atoms in total. The van der Waals surface area contributed by atoms with Gasteiger partial charge in [0.05, 0.1) is 26.9 Å². The number of hydrogen-bond acceptors (Lipinski definition) is 7. The molecule has 3 fully saturated rings. The highest BCUT2D eigenvalue weighted by Crippen LogP contribution is 2.39. The standard InChI is InChI=1S/C29H35N3O7/c1-36-22-9-5-20(6-10-22)27(34)31-15-13-29(14-16-31)32(28(35)21-7-11-23(37-2)12-8-21)25(19-39-29)26(33)30-18-24-4-3-17-38-24/h5-12,24-25H,3-4,13-19H2,1-2H3,(H,30,33). The highest BCUT2D eigenvalue weighted by atomic mass is 16.5. The van der Waals surface area contributed by atoms with Crippen molar-refractivity contribution in [2.24, 2.45) is 0 Å². The zero-order chi connectivity index (χ0) is 27.4. The van der Waals surface area contributed by atoms with E-state index in [4.69, 9.17) is 18.9 Å². The largest absolute Gasteiger partial charge is 0.497 e. The van der Waals surface area contributed by atoms with Crippen molar-refractivity contribution in [2.45, 2.75) is 43.6 Å². The van der Waals surface area contributed by atoms with Crippen molar-refractivity contribution >= 4 is 17.7 Å². The van der Waals surface area contributed by atoms with E-state index in [0.29, 0.717) is 61.7 Å². The van der Waals surface area contributed by atoms with Gasteiger partial charge in [0.2, 0.25) is 5.91 Å². The van der Waals surface area contributed by atoms with Gasteiger partial charge in [-0.1, -0.05) is 0 Å². The summed E-state index contributed by atoms with van der Waals surface area (Å²) < 4.78 is 22.4. The highest BCUT2D eigenvalue weighted by molar-refractivity contribution is 5.99. The van der Waals surface area contributed by atoms with E-state index in [1.54, 1.807) is 72.6 Å². The quantitative estimate of drug-likeness (QED) is 0.578. The van der Waals surface area contributed by atoms with E-state index in [-0.39, 0.29) is 30.4 Å². The number of piperidine rings is 1. The second-order valence-corrected chi connectivity index (χ2v) is 10.1. The Morgan fingerprint density at radius 3 is 2.05 bits per heavy atom. The molecule has 10 heteroatoms. The third-order valence-electron chi connectivity index (χ3n) is 7.82. The molecular weight excluding hydrogens is 502 g/mol. The Bertz CT molecular complexity index is 1170. The Balaban J connectivity index is 1.33. The molecule has 0 radical (unpaired) electrons. The summed E-state index contributed by atoms with van der Waals surface area (Å²) in [5, 5.41) is 2.97. The van der Waals surface area contributed by atoms with Crippen molar-refractivity contribution in [1.82, 2.24) is 15.1 Å². The topological polar surface area (TPSA) is 107 Å². The number of carbonyl (C=O) groups is 3. The molecule has 0 bridgehead atoms. The first kappa shape index (κ1) is 27.0. The number of rotatable bonds is 7. The van der Waals surface area contributed by atoms with Crippen molar-refractivity contribution in [3.63, 3.8) is 0 Å². The SMILES string of the molecule is COc1ccc(C(=O)N2CCC3(CC2)OCC(C(=O)NCC2CCCO2)N3C(=O)c2ccc(OC)cc2)cc1. The lowest BCUT2D eigenvalue weighted by atomic mass is 9.96. The first-order valence-corrected chi connectivity index (χ1v) is 13.4. The summed E-state index contributed by atoms with van der Waals surface area (Å²) in [6.45, 7) is 1.97. The fourth-order valence-electron chi connectivity index (χ4n) is 5.55. The molecule has 3 aliphatic rings. The van der Waals surface area contributed by atoms with Gasteiger partial charge < -0.3 is 29.2 Å². The molecule has 2 aromatic rings. The van der Waals surface area contributed by atoms with E-state index in [2.05, 4.69) is 5.32 Å². The molecule has 39 heavy (non-hydrogen) atoms. The van der Waals surface area contributed by atoms with Gasteiger partial charge in [0.25, 0.3) is 11.8 Å². The molecule has 0 aromatic heterocycles. The third-order valence-corrected chi connectivity index (χ3v) is 7.82. The summed E-state index contributed by atoms with van der Waals surface area (Å²) in [4.78, 5) is 43.8. The zero-order valence-corrected chi connectivity index (χ0v) is 22.4. The monoisotopic (exact) mass is 537 g/mol. The van der Waals surface area contributed by atoms with Crippen LogP contribution in [0.4, 0.5) is 0 Å². The average Bonchev–Trinajstić information content (AvgIpc) is 3.64. The van der Waals surface area contributed by atoms with Crippen LogP contribution in [-0.4, -0.2) is 92.5 Å². The van der Waals surface area contributed by atoms with Crippen LogP contribution in [0.1, 0.15) is 46.4 Å². The lowest BCUT2D eigenvalue weighted by molar-refractivity contribution is -0.128. The van der Waals surface area contributed by atoms with Crippen LogP contribution in [0.5, 0.6) is 11.5 Å². The molecule has 5 rings (SSSR count). The summed E-state index contributed by atoms with van der Waals surface area (Å²) >= 11 is 0. The first-order chi connectivity index (χ1) is 18.9. The summed E-state index contributed by atoms with van der Waals surface area (Å²) in [5.41, 5.74) is 0.0190. The molecule has 208 valence electrons. The van der Waals surface area contributed by atoms with Crippen molar-refractivity contribution in [2.75, 3.05) is 47.1 Å². The smallest absolute Gasteiger partial charge is 0.256 e. The van der Waals surface area contributed by atoms with Crippen LogP contribution in [0.15, 0.2) is 48.5 Å². The van der Waals surface area contributed by atoms with Crippen molar-refractivity contribution in [3.8, 4) is 11.5 Å². The maximum Gasteiger partial charge on any atom is 0.256 e. The Hall–Kier alpha value is -3.63. The maximum atomic E-state index is 13.9. The molecule has 1 spiro atoms. The van der Waals surface area contributed by atoms with Crippen LogP contribution >= 0.6 is 0 Å². The minimum atomic E-state index is -0.987. The Kier molecular flexibility index (Phi) is 8.04. The lowest BCUT2D eigenvalue weighted by Gasteiger charge is -2.44. The van der Waals surface area contributed by atoms with E-state index >= 15 is 0 Å². The van der Waals surface area contributed by atoms with Gasteiger partial charge in [-0.3, -0.25) is 19.3 Å². The van der Waals surface area contributed by atoms with Gasteiger partial charge >= 0.3 is 0 Å². The van der Waals surface area contributed by atoms with Crippen LogP contribution in [0.25, 0.3) is 0 Å². The average molecular weight is 538 g/mol. The van der Waals surface area contributed by atoms with E-state index in [9.17, 15) is 14.4 Å². The number of nitrogens with zero attached hydrogens (tertiary/aromatic N) is 2. The minimum absolute atomic E-state index is 0.0109. The molecule has 1 N–H and O–H groups in total. The van der Waals surface area contributed by atoms with Crippen molar-refractivity contribution < 1.29 is 33.3 Å². The van der Waals surface area contributed by atoms with Crippen molar-refractivity contribution in [1.29, 1.82) is 0 Å². The van der Waals surface area contributed by atoms with E-state index in [0.717, 1.165) is 12.8 Å². The van der Waals surface area contributed by atoms with Crippen LogP contribution in [-0.2, 0) is 14.3 Å². The first-order valence-electron chi connectivity index (χ1n) is 13.4. The fraction of sp³-hybridized carbons (Fsp3) is 0.483. The zero-order valence-electron chi connectivity index (χ0n) is 22.4. The molecule has 3 amide bonds. The lowest BCUT2D eigenvalue weighted by Crippen LogP contribution is -2.60. The second kappa shape index (κ2) is 11.6. The normalized spacial score (nSPS) is 22.1. The Labute approximate surface area is 228 Å². The van der Waals surface area contributed by atoms with Gasteiger partial charge in [0.15, 0.2) is 0 Å². The fourth-order valence-corrected chi connectivity index (χ4v) is 5.55. The Morgan fingerprint density at radius 1 is 0.923 bits per heavy atom. The molecule has 3 saturated heterocycles. The summed E-state index contributed by atoms with van der Waals surface area (Å²) in [6, 6.07) is 13.0. The molecule has 3 aliphatic heterocycles. The number of likely N-dealkylation sites (tertiary alicyclic amines) is 1. The number of benzene rings is 2. The molecule has 2 aromatic carbocycles. The van der Waals surface area contributed by atoms with E-state index in [1.807, 2.05) is 0 Å². The van der Waals surface area contributed by atoms with Crippen LogP contribution in [0.3, 0.4) is 0 Å². The molecular formula is C29H35N3O7. The number of amides is 3. The third kappa shape index (κ3) is 5.58. The second-order valence-electron chi connectivity index (χ2n) is 10.1. The van der Waals surface area contributed by atoms with Gasteiger partial charge in [-0.15, -0.1) is 0 Å². The summed E-state index contributed by atoms with van der Waals surface area (Å²) in [6.07, 6.45) is 2.66. The van der Waals surface area contributed by atoms with Crippen LogP contribution < -0.4 is 14.8 Å². The van der Waals surface area contributed by atoms with E-state index in [1.165, 1.54) is 0 Å². The van der Waals surface area contributed by atoms with E-state index < -0.39 is 11.8 Å². The van der Waals surface area contributed by atoms with Crippen LogP contribution in [0.2, 0.25) is 0 Å². The van der Waals surface area contributed by atoms with Gasteiger partial charge in [0.1, 0.15) is 23.3 Å². The van der Waals surface area contributed by atoms with Gasteiger partial charge in [-0.2, -0.15) is 0 Å². The number of carbonyl (C=O) groups excluding carboxylic acids is 3. The van der Waals surface area contributed by atoms with Gasteiger partial charge in [-0.25, -0.2) is 0 Å². The maximum absolute atomic E-state index is 13.9. The van der Waals surface area contributed by atoms with Crippen LogP contribution in [0, 0.1) is 0 Å². The van der Waals surface area contributed by atoms with Gasteiger partial charge in [0, 0.05) is 50.2 Å². The highest BCUT2D eigenvalue weighted by Gasteiger charge is 2.54. The predicted octanol–water partition coefficient (Wildman–Crippen LogP) is 2.47. The molecule has 2 atom stereocenters. The predicted molar refractivity (Wildman–Crippen MR) is 142 cm³/mol. The number of hydrogen-bond donors (Lipinski definition) is 1. The molecule has 2 unspecified atom stereocenters. The van der Waals surface area contributed by atoms with Gasteiger partial charge in [-0.05, 0) is 61.4 Å². The minimum Gasteiger partial charge on any atom is -0.497 e. The van der Waals surface area contributed by atoms with Crippen molar-refractivity contribution in [3.05, 3.63) is 59.7 Å². The molecule has 0 saturated carbocycles. The Morgan fingerprint density at radius 2 is 1.51 bits per heavy atom. The summed E-state index contributed by atoms with van der Waals surface area (Å²) in [7, 11) is 3.15. The molecule has 0 aliphatic carbocycles. The number of ether oxygens (including phenoxy) is 4.